The van der Waals surface area contributed by atoms with E-state index in [0.29, 0.717) is 5.56 Å². The molecule has 0 saturated carbocycles. The Bertz CT molecular complexity index is 487. The van der Waals surface area contributed by atoms with Crippen LogP contribution in [0.25, 0.3) is 0 Å². The smallest absolute Gasteiger partial charge is 0.317 e. The first kappa shape index (κ1) is 11.9. The second kappa shape index (κ2) is 3.22. The molecule has 1 aromatic rings. The summed E-state index contributed by atoms with van der Waals surface area (Å²) in [5.74, 6) is 0.244. The van der Waals surface area contributed by atoms with E-state index in [4.69, 9.17) is 0 Å². The van der Waals surface area contributed by atoms with Crippen LogP contribution >= 0.6 is 0 Å². The molecule has 0 atom stereocenters. The average Bonchev–Trinajstić information content (AvgIpc) is 2.67. The second-order valence-electron chi connectivity index (χ2n) is 5.45. The molecule has 1 N–H and O–H groups in total. The van der Waals surface area contributed by atoms with Gasteiger partial charge in [0.05, 0.1) is 6.20 Å². The molecule has 6 heteroatoms. The molecule has 0 bridgehead atoms. The maximum absolute atomic E-state index is 12.3. The summed E-state index contributed by atoms with van der Waals surface area (Å²) in [5.41, 5.74) is -0.768. The molecule has 17 heavy (non-hydrogen) atoms. The predicted octanol–water partition coefficient (Wildman–Crippen LogP) is 0.939. The van der Waals surface area contributed by atoms with Gasteiger partial charge in [-0.3, -0.25) is 9.42 Å². The number of hydrogen-bond donors (Lipinski definition) is 1. The summed E-state index contributed by atoms with van der Waals surface area (Å²) in [4.78, 5) is 0. The minimum Gasteiger partial charge on any atom is -0.714 e. The second-order valence-corrected chi connectivity index (χ2v) is 5.45. The summed E-state index contributed by atoms with van der Waals surface area (Å²) in [6, 6.07) is 0. The zero-order chi connectivity index (χ0) is 13.0. The summed E-state index contributed by atoms with van der Waals surface area (Å²) < 4.78 is 2.45. The van der Waals surface area contributed by atoms with Crippen LogP contribution in [-0.2, 0) is 7.05 Å². The van der Waals surface area contributed by atoms with Gasteiger partial charge in [-0.25, -0.2) is 5.21 Å². The highest BCUT2D eigenvalue weighted by Gasteiger charge is 2.59. The molecule has 0 amide bonds. The molecular weight excluding hydrogens is 220 g/mol. The first-order valence-corrected chi connectivity index (χ1v) is 5.52. The third-order valence-electron chi connectivity index (χ3n) is 3.89. The largest absolute Gasteiger partial charge is 0.714 e. The number of hydroxylamine groups is 3. The van der Waals surface area contributed by atoms with Crippen molar-refractivity contribution in [1.29, 1.82) is 0 Å². The van der Waals surface area contributed by atoms with Crippen LogP contribution in [0.5, 0.6) is 0 Å². The first-order valence-electron chi connectivity index (χ1n) is 5.52. The van der Waals surface area contributed by atoms with Crippen molar-refractivity contribution in [2.24, 2.45) is 7.05 Å². The van der Waals surface area contributed by atoms with Crippen LogP contribution in [0.2, 0.25) is 0 Å². The molecule has 0 saturated heterocycles. The van der Waals surface area contributed by atoms with Crippen molar-refractivity contribution < 1.29 is 9.95 Å². The number of hydrogen-bond acceptors (Lipinski definition) is 4. The number of aryl methyl sites for hydroxylation is 1. The van der Waals surface area contributed by atoms with Gasteiger partial charge >= 0.3 is 5.84 Å². The highest BCUT2D eigenvalue weighted by Crippen LogP contribution is 2.36. The van der Waals surface area contributed by atoms with Crippen LogP contribution in [0.3, 0.4) is 0 Å². The van der Waals surface area contributed by atoms with E-state index < -0.39 is 11.1 Å². The molecule has 0 aliphatic carbocycles. The van der Waals surface area contributed by atoms with Crippen molar-refractivity contribution in [3.8, 4) is 0 Å². The van der Waals surface area contributed by atoms with E-state index in [9.17, 15) is 10.4 Å². The van der Waals surface area contributed by atoms with Gasteiger partial charge in [-0.2, -0.15) is 5.10 Å². The van der Waals surface area contributed by atoms with Crippen LogP contribution in [0.15, 0.2) is 12.4 Å². The van der Waals surface area contributed by atoms with Gasteiger partial charge in [0, 0.05) is 13.2 Å². The fourth-order valence-electron chi connectivity index (χ4n) is 1.90. The zero-order valence-electron chi connectivity index (χ0n) is 10.8. The molecule has 0 spiro atoms. The lowest BCUT2D eigenvalue weighted by Gasteiger charge is -2.33. The van der Waals surface area contributed by atoms with Crippen LogP contribution in [0.4, 0.5) is 0 Å². The summed E-state index contributed by atoms with van der Waals surface area (Å²) in [6.07, 6.45) is 3.28. The first-order chi connectivity index (χ1) is 7.69. The lowest BCUT2D eigenvalue weighted by Crippen LogP contribution is -2.53. The minimum atomic E-state index is -0.715. The minimum absolute atomic E-state index is 0.244. The Morgan fingerprint density at radius 1 is 1.35 bits per heavy atom. The Hall–Kier alpha value is -1.56. The standard InChI is InChI=1S/C11H18N4O2/c1-10(2)11(3,4)15(17)9(14(10)16)8-6-12-13(5)7-8/h6-7,16H,1-5H3. The highest BCUT2D eigenvalue weighted by molar-refractivity contribution is 5.95. The van der Waals surface area contributed by atoms with Crippen molar-refractivity contribution in [3.63, 3.8) is 0 Å². The summed E-state index contributed by atoms with van der Waals surface area (Å²) >= 11 is 0. The summed E-state index contributed by atoms with van der Waals surface area (Å²) in [6.45, 7) is 7.29. The molecule has 94 valence electrons. The fourth-order valence-corrected chi connectivity index (χ4v) is 1.90. The van der Waals surface area contributed by atoms with Gasteiger partial charge in [0.25, 0.3) is 0 Å². The summed E-state index contributed by atoms with van der Waals surface area (Å²) in [7, 11) is 1.77. The molecule has 2 rings (SSSR count). The monoisotopic (exact) mass is 238 g/mol. The Labute approximate surface area is 100 Å². The SMILES string of the molecule is Cn1cc(C2=[N+]([O-])C(C)(C)C(C)(C)N2O)cn1. The predicted molar refractivity (Wildman–Crippen MR) is 62.7 cm³/mol. The van der Waals surface area contributed by atoms with Crippen molar-refractivity contribution in [2.45, 2.75) is 38.8 Å². The quantitative estimate of drug-likeness (QED) is 0.584. The van der Waals surface area contributed by atoms with Crippen molar-refractivity contribution in [3.05, 3.63) is 23.2 Å². The van der Waals surface area contributed by atoms with Gasteiger partial charge in [-0.05, 0) is 27.7 Å². The molecule has 0 radical (unpaired) electrons. The van der Waals surface area contributed by atoms with E-state index >= 15 is 0 Å². The van der Waals surface area contributed by atoms with Gasteiger partial charge < -0.3 is 5.21 Å². The van der Waals surface area contributed by atoms with Crippen LogP contribution in [0.1, 0.15) is 33.3 Å². The lowest BCUT2D eigenvalue weighted by molar-refractivity contribution is -0.539. The van der Waals surface area contributed by atoms with E-state index in [2.05, 4.69) is 5.10 Å². The normalized spacial score (nSPS) is 22.4. The Kier molecular flexibility index (Phi) is 2.26. The summed E-state index contributed by atoms with van der Waals surface area (Å²) in [5, 5.41) is 27.6. The number of nitrogens with zero attached hydrogens (tertiary/aromatic N) is 4. The van der Waals surface area contributed by atoms with Crippen LogP contribution in [-0.4, -0.2) is 41.7 Å². The van der Waals surface area contributed by atoms with E-state index in [1.807, 2.05) is 27.7 Å². The van der Waals surface area contributed by atoms with Gasteiger partial charge in [0.2, 0.25) is 0 Å². The third kappa shape index (κ3) is 1.37. The molecule has 0 fully saturated rings. The molecule has 2 heterocycles. The number of rotatable bonds is 1. The lowest BCUT2D eigenvalue weighted by atomic mass is 9.84. The molecule has 0 aromatic carbocycles. The maximum atomic E-state index is 12.3. The molecule has 6 nitrogen and oxygen atoms in total. The molecule has 1 aromatic heterocycles. The van der Waals surface area contributed by atoms with Crippen molar-refractivity contribution in [2.75, 3.05) is 0 Å². The third-order valence-corrected chi connectivity index (χ3v) is 3.89. The van der Waals surface area contributed by atoms with Gasteiger partial charge in [-0.15, -0.1) is 5.06 Å². The zero-order valence-corrected chi connectivity index (χ0v) is 10.8. The van der Waals surface area contributed by atoms with Crippen LogP contribution < -0.4 is 0 Å². The van der Waals surface area contributed by atoms with Gasteiger partial charge in [0.15, 0.2) is 5.54 Å². The highest BCUT2D eigenvalue weighted by atomic mass is 16.5. The van der Waals surface area contributed by atoms with E-state index in [-0.39, 0.29) is 5.84 Å². The van der Waals surface area contributed by atoms with Gasteiger partial charge in [-0.1, -0.05) is 0 Å². The van der Waals surface area contributed by atoms with Crippen LogP contribution in [0, 0.1) is 5.21 Å². The fraction of sp³-hybridized carbons (Fsp3) is 0.636. The number of amidine groups is 1. The average molecular weight is 238 g/mol. The Morgan fingerprint density at radius 3 is 2.29 bits per heavy atom. The van der Waals surface area contributed by atoms with Crippen molar-refractivity contribution in [1.82, 2.24) is 14.8 Å². The Balaban J connectivity index is 2.58. The van der Waals surface area contributed by atoms with Gasteiger partial charge in [0.1, 0.15) is 11.1 Å². The topological polar surface area (TPSA) is 67.4 Å². The van der Waals surface area contributed by atoms with E-state index in [0.717, 1.165) is 9.80 Å². The molecule has 1 aliphatic heterocycles. The maximum Gasteiger partial charge on any atom is 0.317 e. The van der Waals surface area contributed by atoms with E-state index in [1.165, 1.54) is 0 Å². The van der Waals surface area contributed by atoms with Crippen molar-refractivity contribution >= 4 is 5.84 Å². The molecule has 1 aliphatic rings. The Morgan fingerprint density at radius 2 is 1.94 bits per heavy atom. The molecule has 0 unspecified atom stereocenters. The molecular formula is C11H18N4O2. The van der Waals surface area contributed by atoms with E-state index in [1.54, 1.807) is 24.1 Å². The number of aromatic nitrogens is 2.